The van der Waals surface area contributed by atoms with Crippen molar-refractivity contribution in [2.75, 3.05) is 26.2 Å². The van der Waals surface area contributed by atoms with Crippen LogP contribution in [0.25, 0.3) is 0 Å². The van der Waals surface area contributed by atoms with Gasteiger partial charge >= 0.3 is 0 Å². The summed E-state index contributed by atoms with van der Waals surface area (Å²) in [4.78, 5) is 15.6. The van der Waals surface area contributed by atoms with Crippen LogP contribution >= 0.6 is 0 Å². The second kappa shape index (κ2) is 7.93. The number of hydrogen-bond acceptors (Lipinski definition) is 4. The molecule has 0 amide bonds. The maximum absolute atomic E-state index is 13.4. The standard InChI is InChI=1S/C23H27NO3/c25-22(18-8-3-1-4-9-18)21-17-24(16-20-12-7-15-27-20)14-13-23(21,26)19-10-5-2-6-11-19/h1-6,8-11,20-21,26H,7,12-17H2/t20-,21+,23+/m1/s1. The summed E-state index contributed by atoms with van der Waals surface area (Å²) in [5.74, 6) is -0.476. The fourth-order valence-electron chi connectivity index (χ4n) is 4.42. The minimum Gasteiger partial charge on any atom is -0.384 e. The van der Waals surface area contributed by atoms with Crippen LogP contribution in [0.2, 0.25) is 0 Å². The molecule has 0 spiro atoms. The molecular weight excluding hydrogens is 338 g/mol. The molecule has 1 N–H and O–H groups in total. The van der Waals surface area contributed by atoms with E-state index < -0.39 is 11.5 Å². The zero-order valence-electron chi connectivity index (χ0n) is 15.6. The summed E-state index contributed by atoms with van der Waals surface area (Å²) in [6.07, 6.45) is 2.99. The molecule has 0 unspecified atom stereocenters. The molecule has 0 aromatic heterocycles. The molecule has 4 nitrogen and oxygen atoms in total. The fraction of sp³-hybridized carbons (Fsp3) is 0.435. The summed E-state index contributed by atoms with van der Waals surface area (Å²) in [5, 5.41) is 11.6. The quantitative estimate of drug-likeness (QED) is 0.827. The molecular formula is C23H27NO3. The summed E-state index contributed by atoms with van der Waals surface area (Å²) in [5.41, 5.74) is 0.355. The van der Waals surface area contributed by atoms with Gasteiger partial charge in [0.05, 0.1) is 12.0 Å². The van der Waals surface area contributed by atoms with E-state index in [1.807, 2.05) is 60.7 Å². The van der Waals surface area contributed by atoms with Crippen molar-refractivity contribution in [3.8, 4) is 0 Å². The SMILES string of the molecule is O=C(c1ccccc1)[C@@H]1CN(C[C@H]2CCCO2)CC[C@]1(O)c1ccccc1. The topological polar surface area (TPSA) is 49.8 Å². The maximum atomic E-state index is 13.4. The normalized spacial score (nSPS) is 28.9. The molecule has 2 aromatic carbocycles. The molecule has 142 valence electrons. The number of piperidine rings is 1. The van der Waals surface area contributed by atoms with Crippen LogP contribution in [0.3, 0.4) is 0 Å². The Balaban J connectivity index is 1.61. The second-order valence-electron chi connectivity index (χ2n) is 7.72. The lowest BCUT2D eigenvalue weighted by Crippen LogP contribution is -2.54. The highest BCUT2D eigenvalue weighted by molar-refractivity contribution is 5.99. The van der Waals surface area contributed by atoms with Gasteiger partial charge in [-0.15, -0.1) is 0 Å². The largest absolute Gasteiger partial charge is 0.384 e. The number of carbonyl (C=O) groups excluding carboxylic acids is 1. The maximum Gasteiger partial charge on any atom is 0.170 e. The molecule has 2 aromatic rings. The van der Waals surface area contributed by atoms with Gasteiger partial charge in [0.2, 0.25) is 0 Å². The Morgan fingerprint density at radius 3 is 2.48 bits per heavy atom. The molecule has 4 heteroatoms. The zero-order chi connectivity index (χ0) is 18.7. The first-order valence-corrected chi connectivity index (χ1v) is 9.88. The average Bonchev–Trinajstić information content (AvgIpc) is 3.23. The van der Waals surface area contributed by atoms with Crippen LogP contribution in [0.4, 0.5) is 0 Å². The first-order valence-electron chi connectivity index (χ1n) is 9.88. The Kier molecular flexibility index (Phi) is 5.39. The van der Waals surface area contributed by atoms with Crippen LogP contribution in [0.1, 0.15) is 35.2 Å². The van der Waals surface area contributed by atoms with Gasteiger partial charge in [-0.25, -0.2) is 0 Å². The van der Waals surface area contributed by atoms with Gasteiger partial charge in [0, 0.05) is 31.8 Å². The third-order valence-electron chi connectivity index (χ3n) is 5.96. The Labute approximate surface area is 160 Å². The van der Waals surface area contributed by atoms with Crippen molar-refractivity contribution in [3.05, 3.63) is 71.8 Å². The minimum atomic E-state index is -1.14. The lowest BCUT2D eigenvalue weighted by molar-refractivity contribution is -0.0711. The molecule has 2 saturated heterocycles. The van der Waals surface area contributed by atoms with E-state index in [1.54, 1.807) is 0 Å². The van der Waals surface area contributed by atoms with Crippen LogP contribution in [-0.4, -0.2) is 48.1 Å². The number of aliphatic hydroxyl groups is 1. The van der Waals surface area contributed by atoms with Crippen molar-refractivity contribution in [2.45, 2.75) is 31.0 Å². The summed E-state index contributed by atoms with van der Waals surface area (Å²) in [6, 6.07) is 19.0. The molecule has 0 saturated carbocycles. The van der Waals surface area contributed by atoms with E-state index in [2.05, 4.69) is 4.90 Å². The highest BCUT2D eigenvalue weighted by Crippen LogP contribution is 2.39. The van der Waals surface area contributed by atoms with Crippen molar-refractivity contribution in [1.82, 2.24) is 4.90 Å². The Morgan fingerprint density at radius 2 is 1.81 bits per heavy atom. The molecule has 2 aliphatic heterocycles. The van der Waals surface area contributed by atoms with E-state index in [9.17, 15) is 9.90 Å². The van der Waals surface area contributed by atoms with Gasteiger partial charge in [-0.2, -0.15) is 0 Å². The van der Waals surface area contributed by atoms with Crippen molar-refractivity contribution in [2.24, 2.45) is 5.92 Å². The number of ether oxygens (including phenoxy) is 1. The molecule has 0 aliphatic carbocycles. The predicted molar refractivity (Wildman–Crippen MR) is 105 cm³/mol. The first-order chi connectivity index (χ1) is 13.2. The fourth-order valence-corrected chi connectivity index (χ4v) is 4.42. The van der Waals surface area contributed by atoms with Gasteiger partial charge in [0.25, 0.3) is 0 Å². The second-order valence-corrected chi connectivity index (χ2v) is 7.72. The van der Waals surface area contributed by atoms with Gasteiger partial charge in [0.1, 0.15) is 5.60 Å². The molecule has 27 heavy (non-hydrogen) atoms. The predicted octanol–water partition coefficient (Wildman–Crippen LogP) is 3.26. The smallest absolute Gasteiger partial charge is 0.170 e. The van der Waals surface area contributed by atoms with E-state index in [0.717, 1.165) is 38.1 Å². The summed E-state index contributed by atoms with van der Waals surface area (Å²) >= 11 is 0. The Hall–Kier alpha value is -2.01. The number of hydrogen-bond donors (Lipinski definition) is 1. The van der Waals surface area contributed by atoms with Crippen LogP contribution in [0.5, 0.6) is 0 Å². The van der Waals surface area contributed by atoms with Crippen LogP contribution in [-0.2, 0) is 10.3 Å². The first kappa shape index (κ1) is 18.4. The van der Waals surface area contributed by atoms with Gasteiger partial charge in [-0.05, 0) is 24.8 Å². The van der Waals surface area contributed by atoms with Gasteiger partial charge in [-0.3, -0.25) is 9.69 Å². The summed E-state index contributed by atoms with van der Waals surface area (Å²) < 4.78 is 5.78. The van der Waals surface area contributed by atoms with E-state index in [1.165, 1.54) is 0 Å². The molecule has 2 heterocycles. The number of rotatable bonds is 5. The third-order valence-corrected chi connectivity index (χ3v) is 5.96. The van der Waals surface area contributed by atoms with Crippen molar-refractivity contribution in [3.63, 3.8) is 0 Å². The average molecular weight is 365 g/mol. The number of likely N-dealkylation sites (tertiary alicyclic amines) is 1. The van der Waals surface area contributed by atoms with Crippen LogP contribution < -0.4 is 0 Å². The number of carbonyl (C=O) groups is 1. The van der Waals surface area contributed by atoms with Crippen LogP contribution in [0, 0.1) is 5.92 Å². The van der Waals surface area contributed by atoms with Gasteiger partial charge < -0.3 is 9.84 Å². The number of Topliss-reactive ketones (excluding diaryl/α,β-unsaturated/α-hetero) is 1. The van der Waals surface area contributed by atoms with E-state index in [4.69, 9.17) is 4.74 Å². The lowest BCUT2D eigenvalue weighted by atomic mass is 9.72. The minimum absolute atomic E-state index is 0.0130. The van der Waals surface area contributed by atoms with Crippen molar-refractivity contribution >= 4 is 5.78 Å². The summed E-state index contributed by atoms with van der Waals surface area (Å²) in [6.45, 7) is 2.99. The Bertz CT molecular complexity index is 758. The van der Waals surface area contributed by atoms with E-state index in [-0.39, 0.29) is 11.9 Å². The lowest BCUT2D eigenvalue weighted by Gasteiger charge is -2.44. The van der Waals surface area contributed by atoms with E-state index >= 15 is 0 Å². The molecule has 4 rings (SSSR count). The van der Waals surface area contributed by atoms with Gasteiger partial charge in [-0.1, -0.05) is 60.7 Å². The Morgan fingerprint density at radius 1 is 1.11 bits per heavy atom. The summed E-state index contributed by atoms with van der Waals surface area (Å²) in [7, 11) is 0. The molecule has 0 bridgehead atoms. The number of nitrogens with zero attached hydrogens (tertiary/aromatic N) is 1. The number of benzene rings is 2. The highest BCUT2D eigenvalue weighted by atomic mass is 16.5. The number of ketones is 1. The van der Waals surface area contributed by atoms with E-state index in [0.29, 0.717) is 18.5 Å². The molecule has 2 fully saturated rings. The van der Waals surface area contributed by atoms with Gasteiger partial charge in [0.15, 0.2) is 5.78 Å². The molecule has 3 atom stereocenters. The zero-order valence-corrected chi connectivity index (χ0v) is 15.6. The highest BCUT2D eigenvalue weighted by Gasteiger charge is 2.47. The van der Waals surface area contributed by atoms with Crippen molar-refractivity contribution < 1.29 is 14.6 Å². The van der Waals surface area contributed by atoms with Crippen LogP contribution in [0.15, 0.2) is 60.7 Å². The molecule has 2 aliphatic rings. The van der Waals surface area contributed by atoms with Crippen molar-refractivity contribution in [1.29, 1.82) is 0 Å². The monoisotopic (exact) mass is 365 g/mol. The molecule has 0 radical (unpaired) electrons. The third kappa shape index (κ3) is 3.84.